The lowest BCUT2D eigenvalue weighted by molar-refractivity contribution is -0.138. The number of allylic oxidation sites excluding steroid dienone is 1. The van der Waals surface area contributed by atoms with E-state index >= 15 is 0 Å². The number of hydrogen-bond acceptors (Lipinski definition) is 2. The summed E-state index contributed by atoms with van der Waals surface area (Å²) in [6, 6.07) is 8.06. The van der Waals surface area contributed by atoms with Crippen molar-refractivity contribution in [2.75, 3.05) is 6.61 Å². The summed E-state index contributed by atoms with van der Waals surface area (Å²) in [4.78, 5) is 12.2. The van der Waals surface area contributed by atoms with Crippen LogP contribution >= 0.6 is 11.6 Å². The van der Waals surface area contributed by atoms with Crippen LogP contribution in [0, 0.1) is 0 Å². The average molecular weight is 335 g/mol. The number of unbranched alkanes of at least 4 members (excludes halogenated alkanes) is 1. The van der Waals surface area contributed by atoms with Crippen LogP contribution in [0.25, 0.3) is 5.03 Å². The highest BCUT2D eigenvalue weighted by molar-refractivity contribution is 6.50. The fraction of sp³-hybridized carbons (Fsp3) is 0.450. The van der Waals surface area contributed by atoms with Gasteiger partial charge in [0.2, 0.25) is 0 Å². The molecule has 0 unspecified atom stereocenters. The van der Waals surface area contributed by atoms with Crippen molar-refractivity contribution in [2.24, 2.45) is 0 Å². The lowest BCUT2D eigenvalue weighted by atomic mass is 9.86. The van der Waals surface area contributed by atoms with E-state index in [4.69, 9.17) is 16.3 Å². The van der Waals surface area contributed by atoms with E-state index in [2.05, 4.69) is 39.5 Å². The standard InChI is InChI=1S/C20H27ClO2/c1-6-8-9-10-17(19(22)23-7-2)18(21)15-11-13-16(14-12-15)20(3,4)5/h6,11-14H,1,7-10H2,2-5H3/b18-17-. The average Bonchev–Trinajstić information content (AvgIpc) is 2.50. The summed E-state index contributed by atoms with van der Waals surface area (Å²) < 4.78 is 5.15. The minimum Gasteiger partial charge on any atom is -0.463 e. The first-order valence-corrected chi connectivity index (χ1v) is 8.46. The van der Waals surface area contributed by atoms with Crippen LogP contribution in [0.5, 0.6) is 0 Å². The van der Waals surface area contributed by atoms with Crippen LogP contribution in [0.1, 0.15) is 58.1 Å². The molecule has 1 rings (SSSR count). The molecule has 0 amide bonds. The largest absolute Gasteiger partial charge is 0.463 e. The van der Waals surface area contributed by atoms with Crippen molar-refractivity contribution in [2.45, 2.75) is 52.4 Å². The summed E-state index contributed by atoms with van der Waals surface area (Å²) in [5, 5.41) is 0.480. The minimum atomic E-state index is -0.332. The SMILES string of the molecule is C=CCCC/C(C(=O)OCC)=C(/Cl)c1ccc(C(C)(C)C)cc1. The second-order valence-electron chi connectivity index (χ2n) is 6.52. The number of benzene rings is 1. The Hall–Kier alpha value is -1.54. The van der Waals surface area contributed by atoms with Crippen LogP contribution in [0.3, 0.4) is 0 Å². The summed E-state index contributed by atoms with van der Waals surface area (Å²) in [5.41, 5.74) is 2.71. The lowest BCUT2D eigenvalue weighted by Gasteiger charge is -2.19. The van der Waals surface area contributed by atoms with Gasteiger partial charge in [-0.1, -0.05) is 62.7 Å². The van der Waals surface area contributed by atoms with E-state index in [1.165, 1.54) is 5.56 Å². The third kappa shape index (κ3) is 5.87. The van der Waals surface area contributed by atoms with Gasteiger partial charge in [0, 0.05) is 0 Å². The van der Waals surface area contributed by atoms with Crippen molar-refractivity contribution in [3.05, 3.63) is 53.6 Å². The van der Waals surface area contributed by atoms with Crippen molar-refractivity contribution in [3.8, 4) is 0 Å². The predicted molar refractivity (Wildman–Crippen MR) is 98.6 cm³/mol. The molecule has 0 bridgehead atoms. The van der Waals surface area contributed by atoms with Gasteiger partial charge in [-0.2, -0.15) is 0 Å². The summed E-state index contributed by atoms with van der Waals surface area (Å²) in [6.45, 7) is 12.3. The molecule has 0 radical (unpaired) electrons. The predicted octanol–water partition coefficient (Wildman–Crippen LogP) is 5.85. The first kappa shape index (κ1) is 19.5. The first-order chi connectivity index (χ1) is 10.8. The second kappa shape index (κ2) is 8.93. The summed E-state index contributed by atoms with van der Waals surface area (Å²) in [5.74, 6) is -0.332. The van der Waals surface area contributed by atoms with Gasteiger partial charge in [0.25, 0.3) is 0 Å². The molecular weight excluding hydrogens is 308 g/mol. The van der Waals surface area contributed by atoms with Gasteiger partial charge in [-0.3, -0.25) is 0 Å². The summed E-state index contributed by atoms with van der Waals surface area (Å²) in [6.07, 6.45) is 4.10. The van der Waals surface area contributed by atoms with Crippen LogP contribution in [0.2, 0.25) is 0 Å². The Balaban J connectivity index is 3.12. The molecule has 0 aliphatic rings. The molecule has 0 aliphatic heterocycles. The fourth-order valence-corrected chi connectivity index (χ4v) is 2.53. The lowest BCUT2D eigenvalue weighted by Crippen LogP contribution is -2.11. The van der Waals surface area contributed by atoms with Crippen molar-refractivity contribution >= 4 is 22.6 Å². The maximum Gasteiger partial charge on any atom is 0.335 e. The smallest absolute Gasteiger partial charge is 0.335 e. The number of rotatable bonds is 7. The molecule has 0 heterocycles. The molecule has 0 aromatic heterocycles. The molecule has 1 aromatic carbocycles. The van der Waals surface area contributed by atoms with Crippen molar-refractivity contribution in [1.82, 2.24) is 0 Å². The fourth-order valence-electron chi connectivity index (χ4n) is 2.23. The van der Waals surface area contributed by atoms with Crippen molar-refractivity contribution in [1.29, 1.82) is 0 Å². The zero-order chi connectivity index (χ0) is 17.5. The maximum atomic E-state index is 12.2. The highest BCUT2D eigenvalue weighted by Crippen LogP contribution is 2.30. The van der Waals surface area contributed by atoms with Crippen LogP contribution < -0.4 is 0 Å². The Bertz CT molecular complexity index is 562. The number of halogens is 1. The van der Waals surface area contributed by atoms with Crippen LogP contribution in [0.4, 0.5) is 0 Å². The Labute approximate surface area is 145 Å². The number of ether oxygens (including phenoxy) is 1. The molecular formula is C20H27ClO2. The van der Waals surface area contributed by atoms with Gasteiger partial charge >= 0.3 is 5.97 Å². The zero-order valence-corrected chi connectivity index (χ0v) is 15.4. The number of esters is 1. The van der Waals surface area contributed by atoms with E-state index in [0.717, 1.165) is 18.4 Å². The monoisotopic (exact) mass is 334 g/mol. The molecule has 0 atom stereocenters. The number of hydrogen-bond donors (Lipinski definition) is 0. The van der Waals surface area contributed by atoms with Gasteiger partial charge in [-0.15, -0.1) is 6.58 Å². The Morgan fingerprint density at radius 3 is 2.35 bits per heavy atom. The number of carbonyl (C=O) groups excluding carboxylic acids is 1. The van der Waals surface area contributed by atoms with Gasteiger partial charge in [0.1, 0.15) is 0 Å². The summed E-state index contributed by atoms with van der Waals surface area (Å²) >= 11 is 6.50. The van der Waals surface area contributed by atoms with E-state index in [1.807, 2.05) is 18.2 Å². The van der Waals surface area contributed by atoms with Crippen LogP contribution in [0.15, 0.2) is 42.5 Å². The number of carbonyl (C=O) groups is 1. The maximum absolute atomic E-state index is 12.2. The Kier molecular flexibility index (Phi) is 7.57. The molecule has 0 saturated heterocycles. The van der Waals surface area contributed by atoms with Gasteiger partial charge in [0.05, 0.1) is 17.2 Å². The molecule has 126 valence electrons. The Morgan fingerprint density at radius 2 is 1.87 bits per heavy atom. The minimum absolute atomic E-state index is 0.0860. The summed E-state index contributed by atoms with van der Waals surface area (Å²) in [7, 11) is 0. The zero-order valence-electron chi connectivity index (χ0n) is 14.6. The molecule has 0 saturated carbocycles. The van der Waals surface area contributed by atoms with Gasteiger partial charge in [0.15, 0.2) is 0 Å². The first-order valence-electron chi connectivity index (χ1n) is 8.08. The molecule has 0 spiro atoms. The van der Waals surface area contributed by atoms with Crippen LogP contribution in [-0.2, 0) is 14.9 Å². The molecule has 0 N–H and O–H groups in total. The van der Waals surface area contributed by atoms with Gasteiger partial charge < -0.3 is 4.74 Å². The van der Waals surface area contributed by atoms with Crippen molar-refractivity contribution < 1.29 is 9.53 Å². The van der Waals surface area contributed by atoms with E-state index in [-0.39, 0.29) is 11.4 Å². The van der Waals surface area contributed by atoms with E-state index in [0.29, 0.717) is 23.6 Å². The quantitative estimate of drug-likeness (QED) is 0.270. The van der Waals surface area contributed by atoms with Crippen LogP contribution in [-0.4, -0.2) is 12.6 Å². The molecule has 23 heavy (non-hydrogen) atoms. The third-order valence-electron chi connectivity index (χ3n) is 3.63. The molecule has 3 heteroatoms. The highest BCUT2D eigenvalue weighted by atomic mass is 35.5. The molecule has 0 fully saturated rings. The molecule has 1 aromatic rings. The van der Waals surface area contributed by atoms with Gasteiger partial charge in [-0.05, 0) is 42.7 Å². The van der Waals surface area contributed by atoms with Gasteiger partial charge in [-0.25, -0.2) is 4.79 Å². The second-order valence-corrected chi connectivity index (χ2v) is 6.90. The molecule has 0 aliphatic carbocycles. The van der Waals surface area contributed by atoms with E-state index < -0.39 is 0 Å². The van der Waals surface area contributed by atoms with E-state index in [1.54, 1.807) is 6.92 Å². The topological polar surface area (TPSA) is 26.3 Å². The highest BCUT2D eigenvalue weighted by Gasteiger charge is 2.18. The van der Waals surface area contributed by atoms with Crippen molar-refractivity contribution in [3.63, 3.8) is 0 Å². The van der Waals surface area contributed by atoms with E-state index in [9.17, 15) is 4.79 Å². The Morgan fingerprint density at radius 1 is 1.26 bits per heavy atom. The third-order valence-corrected chi connectivity index (χ3v) is 4.07. The normalized spacial score (nSPS) is 12.6. The molecule has 2 nitrogen and oxygen atoms in total.